The summed E-state index contributed by atoms with van der Waals surface area (Å²) in [5, 5.41) is 22.6. The zero-order valence-corrected chi connectivity index (χ0v) is 8.33. The molecule has 0 bridgehead atoms. The fourth-order valence-corrected chi connectivity index (χ4v) is 1.94. The number of nitrogens with one attached hydrogen (secondary N) is 1. The van der Waals surface area contributed by atoms with Gasteiger partial charge >= 0.3 is 0 Å². The summed E-state index contributed by atoms with van der Waals surface area (Å²) in [5.41, 5.74) is -0.396. The molecule has 1 heterocycles. The number of hydrogen-bond donors (Lipinski definition) is 3. The Bertz CT molecular complexity index is 362. The van der Waals surface area contributed by atoms with Crippen LogP contribution >= 0.6 is 0 Å². The lowest BCUT2D eigenvalue weighted by atomic mass is 9.93. The first-order chi connectivity index (χ1) is 7.11. The minimum absolute atomic E-state index is 0.281. The van der Waals surface area contributed by atoms with Crippen LogP contribution in [0, 0.1) is 5.82 Å². The van der Waals surface area contributed by atoms with Crippen molar-refractivity contribution in [3.8, 4) is 5.75 Å². The van der Waals surface area contributed by atoms with E-state index in [2.05, 4.69) is 5.32 Å². The van der Waals surface area contributed by atoms with E-state index in [1.54, 1.807) is 6.07 Å². The number of hydrogen-bond acceptors (Lipinski definition) is 3. The van der Waals surface area contributed by atoms with E-state index in [4.69, 9.17) is 0 Å². The standard InChI is InChI=1S/C11H14FNO2/c12-9-3-1-2-8(10(9)14)6-11(15)4-5-13-7-11/h1-3,13-15H,4-7H2. The molecule has 0 aromatic heterocycles. The third-order valence-electron chi connectivity index (χ3n) is 2.81. The molecule has 1 fully saturated rings. The van der Waals surface area contributed by atoms with Crippen molar-refractivity contribution >= 4 is 0 Å². The maximum absolute atomic E-state index is 13.0. The molecule has 1 aromatic carbocycles. The van der Waals surface area contributed by atoms with Crippen LogP contribution in [0.25, 0.3) is 0 Å². The lowest BCUT2D eigenvalue weighted by Gasteiger charge is -2.21. The molecule has 15 heavy (non-hydrogen) atoms. The Morgan fingerprint density at radius 2 is 2.27 bits per heavy atom. The van der Waals surface area contributed by atoms with Crippen LogP contribution in [0.3, 0.4) is 0 Å². The minimum Gasteiger partial charge on any atom is -0.505 e. The van der Waals surface area contributed by atoms with Gasteiger partial charge in [0.2, 0.25) is 0 Å². The van der Waals surface area contributed by atoms with Crippen molar-refractivity contribution in [2.45, 2.75) is 18.4 Å². The highest BCUT2D eigenvalue weighted by Gasteiger charge is 2.32. The second-order valence-electron chi connectivity index (χ2n) is 4.08. The Morgan fingerprint density at radius 3 is 2.93 bits per heavy atom. The maximum Gasteiger partial charge on any atom is 0.165 e. The average Bonchev–Trinajstić information content (AvgIpc) is 2.60. The molecule has 1 saturated heterocycles. The first-order valence-electron chi connectivity index (χ1n) is 5.00. The molecule has 0 aliphatic carbocycles. The lowest BCUT2D eigenvalue weighted by molar-refractivity contribution is 0.0611. The van der Waals surface area contributed by atoms with Gasteiger partial charge in [-0.05, 0) is 24.6 Å². The van der Waals surface area contributed by atoms with Gasteiger partial charge in [0, 0.05) is 13.0 Å². The molecule has 1 unspecified atom stereocenters. The zero-order valence-electron chi connectivity index (χ0n) is 8.33. The number of rotatable bonds is 2. The predicted octanol–water partition coefficient (Wildman–Crippen LogP) is 0.798. The quantitative estimate of drug-likeness (QED) is 0.678. The van der Waals surface area contributed by atoms with Crippen molar-refractivity contribution in [1.82, 2.24) is 5.32 Å². The third-order valence-corrected chi connectivity index (χ3v) is 2.81. The number of para-hydroxylation sites is 1. The van der Waals surface area contributed by atoms with Gasteiger partial charge in [-0.1, -0.05) is 12.1 Å². The molecule has 2 rings (SSSR count). The van der Waals surface area contributed by atoms with Gasteiger partial charge in [-0.25, -0.2) is 4.39 Å². The van der Waals surface area contributed by atoms with Gasteiger partial charge in [-0.3, -0.25) is 0 Å². The van der Waals surface area contributed by atoms with E-state index >= 15 is 0 Å². The summed E-state index contributed by atoms with van der Waals surface area (Å²) in [7, 11) is 0. The van der Waals surface area contributed by atoms with Crippen LogP contribution in [-0.4, -0.2) is 28.9 Å². The largest absolute Gasteiger partial charge is 0.505 e. The van der Waals surface area contributed by atoms with Crippen LogP contribution < -0.4 is 5.32 Å². The van der Waals surface area contributed by atoms with Crippen LogP contribution in [0.1, 0.15) is 12.0 Å². The molecule has 0 amide bonds. The molecule has 3 N–H and O–H groups in total. The van der Waals surface area contributed by atoms with E-state index in [9.17, 15) is 14.6 Å². The topological polar surface area (TPSA) is 52.5 Å². The molecule has 3 nitrogen and oxygen atoms in total. The molecule has 1 aliphatic rings. The minimum atomic E-state index is -0.856. The number of benzene rings is 1. The molecule has 1 aliphatic heterocycles. The summed E-state index contributed by atoms with van der Waals surface area (Å²) < 4.78 is 13.0. The summed E-state index contributed by atoms with van der Waals surface area (Å²) in [5.74, 6) is -0.986. The van der Waals surface area contributed by atoms with Crippen molar-refractivity contribution in [3.63, 3.8) is 0 Å². The zero-order chi connectivity index (χ0) is 10.9. The average molecular weight is 211 g/mol. The summed E-state index contributed by atoms with van der Waals surface area (Å²) in [6, 6.07) is 4.38. The van der Waals surface area contributed by atoms with E-state index < -0.39 is 11.4 Å². The monoisotopic (exact) mass is 211 g/mol. The lowest BCUT2D eigenvalue weighted by Crippen LogP contribution is -2.33. The Labute approximate surface area is 87.6 Å². The van der Waals surface area contributed by atoms with E-state index in [1.165, 1.54) is 12.1 Å². The maximum atomic E-state index is 13.0. The fraction of sp³-hybridized carbons (Fsp3) is 0.455. The summed E-state index contributed by atoms with van der Waals surface area (Å²) >= 11 is 0. The van der Waals surface area contributed by atoms with Gasteiger partial charge < -0.3 is 15.5 Å². The van der Waals surface area contributed by atoms with E-state index in [1.807, 2.05) is 0 Å². The van der Waals surface area contributed by atoms with Gasteiger partial charge in [0.15, 0.2) is 11.6 Å². The Morgan fingerprint density at radius 1 is 1.47 bits per heavy atom. The summed E-state index contributed by atoms with van der Waals surface area (Å²) in [4.78, 5) is 0. The predicted molar refractivity (Wildman–Crippen MR) is 54.2 cm³/mol. The van der Waals surface area contributed by atoms with Gasteiger partial charge in [0.25, 0.3) is 0 Å². The van der Waals surface area contributed by atoms with Crippen molar-refractivity contribution in [2.75, 3.05) is 13.1 Å². The second-order valence-corrected chi connectivity index (χ2v) is 4.08. The van der Waals surface area contributed by atoms with Crippen LogP contribution in [0.2, 0.25) is 0 Å². The smallest absolute Gasteiger partial charge is 0.165 e. The molecule has 4 heteroatoms. The number of β-amino-alcohol motifs (C(OH)–C–C–N with tert-alkyl or cyclic N) is 1. The van der Waals surface area contributed by atoms with Crippen LogP contribution in [0.15, 0.2) is 18.2 Å². The molecule has 82 valence electrons. The van der Waals surface area contributed by atoms with Gasteiger partial charge in [-0.2, -0.15) is 0 Å². The van der Waals surface area contributed by atoms with Crippen LogP contribution in [0.5, 0.6) is 5.75 Å². The molecule has 1 aromatic rings. The Kier molecular flexibility index (Phi) is 2.63. The molecular weight excluding hydrogens is 197 g/mol. The van der Waals surface area contributed by atoms with E-state index in [0.29, 0.717) is 18.5 Å². The van der Waals surface area contributed by atoms with E-state index in [-0.39, 0.29) is 12.2 Å². The normalized spacial score (nSPS) is 25.7. The van der Waals surface area contributed by atoms with E-state index in [0.717, 1.165) is 6.54 Å². The van der Waals surface area contributed by atoms with Gasteiger partial charge in [-0.15, -0.1) is 0 Å². The number of phenolic OH excluding ortho intramolecular Hbond substituents is 1. The second kappa shape index (κ2) is 3.79. The molecule has 1 atom stereocenters. The number of aliphatic hydroxyl groups is 1. The van der Waals surface area contributed by atoms with Crippen molar-refractivity contribution in [1.29, 1.82) is 0 Å². The Balaban J connectivity index is 2.20. The van der Waals surface area contributed by atoms with Crippen molar-refractivity contribution in [2.24, 2.45) is 0 Å². The highest BCUT2D eigenvalue weighted by molar-refractivity contribution is 5.34. The first kappa shape index (κ1) is 10.4. The number of phenols is 1. The highest BCUT2D eigenvalue weighted by Crippen LogP contribution is 2.27. The highest BCUT2D eigenvalue weighted by atomic mass is 19.1. The SMILES string of the molecule is Oc1c(F)cccc1CC1(O)CCNC1. The molecular formula is C11H14FNO2. The van der Waals surface area contributed by atoms with Crippen molar-refractivity contribution in [3.05, 3.63) is 29.6 Å². The fourth-order valence-electron chi connectivity index (χ4n) is 1.94. The molecule has 0 spiro atoms. The summed E-state index contributed by atoms with van der Waals surface area (Å²) in [6.45, 7) is 1.25. The van der Waals surface area contributed by atoms with Gasteiger partial charge in [0.05, 0.1) is 5.60 Å². The molecule has 0 saturated carbocycles. The molecule has 0 radical (unpaired) electrons. The van der Waals surface area contributed by atoms with Gasteiger partial charge in [0.1, 0.15) is 0 Å². The first-order valence-corrected chi connectivity index (χ1v) is 5.00. The van der Waals surface area contributed by atoms with Crippen LogP contribution in [-0.2, 0) is 6.42 Å². The third kappa shape index (κ3) is 2.11. The number of halogens is 1. The Hall–Kier alpha value is -1.13. The number of aromatic hydroxyl groups is 1. The van der Waals surface area contributed by atoms with Crippen LogP contribution in [0.4, 0.5) is 4.39 Å². The van der Waals surface area contributed by atoms with Crippen molar-refractivity contribution < 1.29 is 14.6 Å². The summed E-state index contributed by atoms with van der Waals surface area (Å²) in [6.07, 6.45) is 0.909.